The van der Waals surface area contributed by atoms with Crippen LogP contribution in [0.3, 0.4) is 0 Å². The van der Waals surface area contributed by atoms with E-state index >= 15 is 0 Å². The minimum atomic E-state index is -0.391. The van der Waals surface area contributed by atoms with Gasteiger partial charge in [0, 0.05) is 29.4 Å². The van der Waals surface area contributed by atoms with Gasteiger partial charge in [-0.2, -0.15) is 0 Å². The fraction of sp³-hybridized carbons (Fsp3) is 0.269. The van der Waals surface area contributed by atoms with Gasteiger partial charge < -0.3 is 19.5 Å². The molecule has 8 heteroatoms. The van der Waals surface area contributed by atoms with Gasteiger partial charge in [0.05, 0.1) is 21.3 Å². The molecule has 0 radical (unpaired) electrons. The molecule has 2 aromatic heterocycles. The number of aryl methyl sites for hydroxylation is 1. The van der Waals surface area contributed by atoms with Crippen LogP contribution in [0.5, 0.6) is 0 Å². The Morgan fingerprint density at radius 2 is 1.74 bits per heavy atom. The minimum absolute atomic E-state index is 0.132. The Kier molecular flexibility index (Phi) is 7.09. The zero-order valence-corrected chi connectivity index (χ0v) is 20.3. The van der Waals surface area contributed by atoms with Gasteiger partial charge in [-0.15, -0.1) is 11.3 Å². The normalized spacial score (nSPS) is 11.3. The van der Waals surface area contributed by atoms with Crippen molar-refractivity contribution in [3.05, 3.63) is 75.4 Å². The van der Waals surface area contributed by atoms with Crippen LogP contribution < -0.4 is 10.9 Å². The molecule has 4 aromatic rings. The lowest BCUT2D eigenvalue weighted by Crippen LogP contribution is -2.27. The summed E-state index contributed by atoms with van der Waals surface area (Å²) in [5, 5.41) is 4.31. The highest BCUT2D eigenvalue weighted by Gasteiger charge is 2.17. The molecule has 0 fully saturated rings. The van der Waals surface area contributed by atoms with Crippen LogP contribution in [0.1, 0.15) is 33.9 Å². The van der Waals surface area contributed by atoms with Crippen LogP contribution in [0.25, 0.3) is 21.0 Å². The molecule has 1 N–H and O–H groups in total. The van der Waals surface area contributed by atoms with Gasteiger partial charge in [0.1, 0.15) is 6.61 Å². The molecule has 0 aliphatic carbocycles. The molecule has 4 rings (SSSR count). The number of benzene rings is 2. The molecule has 7 nitrogen and oxygen atoms in total. The molecule has 0 aliphatic rings. The highest BCUT2D eigenvalue weighted by atomic mass is 32.1. The van der Waals surface area contributed by atoms with E-state index in [1.54, 1.807) is 41.9 Å². The lowest BCUT2D eigenvalue weighted by Gasteiger charge is -2.17. The first-order chi connectivity index (χ1) is 16.4. The van der Waals surface area contributed by atoms with Crippen molar-refractivity contribution in [2.75, 3.05) is 31.6 Å². The van der Waals surface area contributed by atoms with Gasteiger partial charge in [-0.05, 0) is 49.5 Å². The maximum atomic E-state index is 12.9. The number of hydrogen-bond acceptors (Lipinski definition) is 6. The van der Waals surface area contributed by atoms with E-state index in [4.69, 9.17) is 4.74 Å². The van der Waals surface area contributed by atoms with Crippen LogP contribution in [0, 0.1) is 0 Å². The average Bonchev–Trinajstić information content (AvgIpc) is 3.32. The Morgan fingerprint density at radius 1 is 1.03 bits per heavy atom. The molecule has 0 atom stereocenters. The molecular weight excluding hydrogens is 450 g/mol. The molecular formula is C26H27N3O4S. The lowest BCUT2D eigenvalue weighted by atomic mass is 10.1. The quantitative estimate of drug-likeness (QED) is 0.378. The van der Waals surface area contributed by atoms with Gasteiger partial charge >= 0.3 is 5.97 Å². The second-order valence-electron chi connectivity index (χ2n) is 7.93. The monoisotopic (exact) mass is 477 g/mol. The van der Waals surface area contributed by atoms with Gasteiger partial charge in [-0.1, -0.05) is 32.0 Å². The standard InChI is InChI=1S/C26H27N3O4S/c1-4-29(5-2)14-15-33-26(32)17-10-12-18(13-11-17)27-24(30)22-16-20-23(34-22)19-8-6-7-9-21(19)28(3)25(20)31/h6-13,16H,4-5,14-15H2,1-3H3,(H,27,30). The molecule has 0 unspecified atom stereocenters. The van der Waals surface area contributed by atoms with Crippen molar-refractivity contribution >= 4 is 49.9 Å². The summed E-state index contributed by atoms with van der Waals surface area (Å²) in [6, 6.07) is 15.9. The van der Waals surface area contributed by atoms with Crippen LogP contribution in [-0.2, 0) is 11.8 Å². The van der Waals surface area contributed by atoms with Crippen molar-refractivity contribution in [3.8, 4) is 0 Å². The number of esters is 1. The number of nitrogens with one attached hydrogen (secondary N) is 1. The number of aromatic nitrogens is 1. The third-order valence-electron chi connectivity index (χ3n) is 5.91. The minimum Gasteiger partial charge on any atom is -0.461 e. The van der Waals surface area contributed by atoms with Crippen molar-refractivity contribution in [1.82, 2.24) is 9.47 Å². The second-order valence-corrected chi connectivity index (χ2v) is 8.98. The second kappa shape index (κ2) is 10.2. The van der Waals surface area contributed by atoms with E-state index in [1.165, 1.54) is 11.3 Å². The number of anilines is 1. The molecule has 0 spiro atoms. The van der Waals surface area contributed by atoms with Crippen molar-refractivity contribution in [2.45, 2.75) is 13.8 Å². The number of fused-ring (bicyclic) bond motifs is 3. The number of pyridine rings is 1. The third-order valence-corrected chi connectivity index (χ3v) is 7.08. The lowest BCUT2D eigenvalue weighted by molar-refractivity contribution is 0.0466. The summed E-state index contributed by atoms with van der Waals surface area (Å²) in [5.41, 5.74) is 1.68. The smallest absolute Gasteiger partial charge is 0.338 e. The molecule has 2 aromatic carbocycles. The van der Waals surface area contributed by atoms with E-state index in [0.717, 1.165) is 28.7 Å². The van der Waals surface area contributed by atoms with E-state index in [2.05, 4.69) is 24.1 Å². The van der Waals surface area contributed by atoms with Crippen LogP contribution in [0.15, 0.2) is 59.4 Å². The summed E-state index contributed by atoms with van der Waals surface area (Å²) in [5.74, 6) is -0.695. The largest absolute Gasteiger partial charge is 0.461 e. The van der Waals surface area contributed by atoms with Gasteiger partial charge in [-0.25, -0.2) is 4.79 Å². The highest BCUT2D eigenvalue weighted by molar-refractivity contribution is 7.21. The number of carbonyl (C=O) groups is 2. The number of nitrogens with zero attached hydrogens (tertiary/aromatic N) is 2. The zero-order valence-electron chi connectivity index (χ0n) is 19.5. The number of hydrogen-bond donors (Lipinski definition) is 1. The van der Waals surface area contributed by atoms with Gasteiger partial charge in [0.25, 0.3) is 11.5 Å². The predicted molar refractivity (Wildman–Crippen MR) is 137 cm³/mol. The zero-order chi connectivity index (χ0) is 24.2. The van der Waals surface area contributed by atoms with Gasteiger partial charge in [0.2, 0.25) is 0 Å². The van der Waals surface area contributed by atoms with E-state index < -0.39 is 5.97 Å². The number of ether oxygens (including phenoxy) is 1. The van der Waals surface area contributed by atoms with E-state index in [9.17, 15) is 14.4 Å². The van der Waals surface area contributed by atoms with Crippen molar-refractivity contribution in [1.29, 1.82) is 0 Å². The Morgan fingerprint density at radius 3 is 2.44 bits per heavy atom. The van der Waals surface area contributed by atoms with Gasteiger partial charge in [-0.3, -0.25) is 9.59 Å². The molecule has 0 bridgehead atoms. The Labute approximate surface area is 201 Å². The number of carbonyl (C=O) groups excluding carboxylic acids is 2. The van der Waals surface area contributed by atoms with Gasteiger partial charge in [0.15, 0.2) is 0 Å². The number of para-hydroxylation sites is 1. The van der Waals surface area contributed by atoms with Crippen LogP contribution in [-0.4, -0.2) is 47.6 Å². The van der Waals surface area contributed by atoms with Crippen molar-refractivity contribution < 1.29 is 14.3 Å². The number of amides is 1. The topological polar surface area (TPSA) is 80.6 Å². The summed E-state index contributed by atoms with van der Waals surface area (Å²) >= 11 is 1.30. The summed E-state index contributed by atoms with van der Waals surface area (Å²) in [6.07, 6.45) is 0. The molecule has 0 saturated carbocycles. The van der Waals surface area contributed by atoms with Crippen LogP contribution >= 0.6 is 11.3 Å². The Balaban J connectivity index is 1.47. The van der Waals surface area contributed by atoms with Crippen molar-refractivity contribution in [3.63, 3.8) is 0 Å². The Bertz CT molecular complexity index is 1400. The molecule has 0 aliphatic heterocycles. The first-order valence-corrected chi connectivity index (χ1v) is 12.1. The van der Waals surface area contributed by atoms with E-state index in [0.29, 0.717) is 34.7 Å². The maximum absolute atomic E-state index is 12.9. The van der Waals surface area contributed by atoms with E-state index in [1.807, 2.05) is 24.3 Å². The summed E-state index contributed by atoms with van der Waals surface area (Å²) < 4.78 is 7.75. The third kappa shape index (κ3) is 4.73. The van der Waals surface area contributed by atoms with Crippen LogP contribution in [0.4, 0.5) is 5.69 Å². The molecule has 34 heavy (non-hydrogen) atoms. The first kappa shape index (κ1) is 23.7. The first-order valence-electron chi connectivity index (χ1n) is 11.2. The summed E-state index contributed by atoms with van der Waals surface area (Å²) in [7, 11) is 1.73. The molecule has 0 saturated heterocycles. The average molecular weight is 478 g/mol. The number of likely N-dealkylation sites (N-methyl/N-ethyl adjacent to an activating group) is 1. The fourth-order valence-corrected chi connectivity index (χ4v) is 4.96. The Hall–Kier alpha value is -3.49. The highest BCUT2D eigenvalue weighted by Crippen LogP contribution is 2.30. The SMILES string of the molecule is CCN(CC)CCOC(=O)c1ccc(NC(=O)c2cc3c(=O)n(C)c4ccccc4c3s2)cc1. The van der Waals surface area contributed by atoms with Crippen LogP contribution in [0.2, 0.25) is 0 Å². The number of thiophene rings is 1. The van der Waals surface area contributed by atoms with E-state index in [-0.39, 0.29) is 11.5 Å². The molecule has 1 amide bonds. The number of rotatable bonds is 8. The fourth-order valence-electron chi connectivity index (χ4n) is 3.88. The molecule has 176 valence electrons. The maximum Gasteiger partial charge on any atom is 0.338 e. The summed E-state index contributed by atoms with van der Waals surface area (Å²) in [6.45, 7) is 6.98. The van der Waals surface area contributed by atoms with Crippen molar-refractivity contribution in [2.24, 2.45) is 7.05 Å². The summed E-state index contributed by atoms with van der Waals surface area (Å²) in [4.78, 5) is 40.6. The predicted octanol–water partition coefficient (Wildman–Crippen LogP) is 4.50. The molecule has 2 heterocycles.